The van der Waals surface area contributed by atoms with Gasteiger partial charge in [0.2, 0.25) is 10.0 Å². The molecule has 0 aliphatic carbocycles. The molecule has 0 aromatic rings. The first-order valence-corrected chi connectivity index (χ1v) is 9.04. The van der Waals surface area contributed by atoms with Crippen LogP contribution in [0.5, 0.6) is 0 Å². The zero-order chi connectivity index (χ0) is 13.9. The van der Waals surface area contributed by atoms with E-state index in [0.29, 0.717) is 19.0 Å². The summed E-state index contributed by atoms with van der Waals surface area (Å²) in [6, 6.07) is 0.154. The Morgan fingerprint density at radius 2 is 1.84 bits per heavy atom. The van der Waals surface area contributed by atoms with Crippen molar-refractivity contribution in [2.24, 2.45) is 5.92 Å². The monoisotopic (exact) mass is 289 g/mol. The zero-order valence-electron chi connectivity index (χ0n) is 12.1. The molecule has 112 valence electrons. The molecule has 2 aliphatic heterocycles. The fraction of sp³-hybridized carbons (Fsp3) is 1.00. The van der Waals surface area contributed by atoms with Gasteiger partial charge >= 0.3 is 0 Å². The lowest BCUT2D eigenvalue weighted by Crippen LogP contribution is -2.50. The van der Waals surface area contributed by atoms with E-state index < -0.39 is 10.0 Å². The quantitative estimate of drug-likeness (QED) is 0.811. The highest BCUT2D eigenvalue weighted by Crippen LogP contribution is 2.25. The van der Waals surface area contributed by atoms with Gasteiger partial charge in [0.05, 0.1) is 5.75 Å². The van der Waals surface area contributed by atoms with Gasteiger partial charge in [-0.1, -0.05) is 6.92 Å². The molecule has 2 unspecified atom stereocenters. The maximum absolute atomic E-state index is 12.5. The van der Waals surface area contributed by atoms with Gasteiger partial charge in [0.25, 0.3) is 0 Å². The molecule has 0 aromatic heterocycles. The van der Waals surface area contributed by atoms with Crippen LogP contribution in [0.3, 0.4) is 0 Å². The van der Waals surface area contributed by atoms with Crippen LogP contribution >= 0.6 is 0 Å². The fourth-order valence-corrected chi connectivity index (χ4v) is 4.83. The lowest BCUT2D eigenvalue weighted by molar-refractivity contribution is 0.199. The molecular weight excluding hydrogens is 262 g/mol. The molecule has 2 fully saturated rings. The predicted molar refractivity (Wildman–Crippen MR) is 77.7 cm³/mol. The first-order chi connectivity index (χ1) is 9.00. The van der Waals surface area contributed by atoms with Crippen LogP contribution in [0.2, 0.25) is 0 Å². The van der Waals surface area contributed by atoms with E-state index in [4.69, 9.17) is 0 Å². The van der Waals surface area contributed by atoms with E-state index in [2.05, 4.69) is 17.1 Å². The topological polar surface area (TPSA) is 52.7 Å². The second-order valence-electron chi connectivity index (χ2n) is 5.88. The predicted octanol–water partition coefficient (Wildman–Crippen LogP) is 0.342. The second kappa shape index (κ2) is 6.52. The number of hydrogen-bond donors (Lipinski definition) is 1. The van der Waals surface area contributed by atoms with Crippen LogP contribution < -0.4 is 5.32 Å². The van der Waals surface area contributed by atoms with Crippen molar-refractivity contribution in [1.29, 1.82) is 0 Å². The minimum atomic E-state index is -3.09. The van der Waals surface area contributed by atoms with Crippen molar-refractivity contribution in [2.45, 2.75) is 32.7 Å². The minimum Gasteiger partial charge on any atom is -0.314 e. The lowest BCUT2D eigenvalue weighted by Gasteiger charge is -2.37. The number of nitrogens with zero attached hydrogens (tertiary/aromatic N) is 2. The summed E-state index contributed by atoms with van der Waals surface area (Å²) in [5, 5.41) is 3.29. The molecule has 0 saturated carbocycles. The third-order valence-corrected chi connectivity index (χ3v) is 6.48. The third kappa shape index (κ3) is 3.90. The normalized spacial score (nSPS) is 31.5. The number of sulfonamides is 1. The smallest absolute Gasteiger partial charge is 0.215 e. The average Bonchev–Trinajstić information content (AvgIpc) is 2.41. The van der Waals surface area contributed by atoms with Crippen LogP contribution in [0.25, 0.3) is 0 Å². The summed E-state index contributed by atoms with van der Waals surface area (Å²) in [7, 11) is -3.09. The van der Waals surface area contributed by atoms with Crippen molar-refractivity contribution >= 4 is 10.0 Å². The Labute approximate surface area is 117 Å². The van der Waals surface area contributed by atoms with E-state index in [9.17, 15) is 8.42 Å². The number of hydrogen-bond acceptors (Lipinski definition) is 4. The summed E-state index contributed by atoms with van der Waals surface area (Å²) in [5.74, 6) is 0.743. The Hall–Kier alpha value is -0.170. The zero-order valence-corrected chi connectivity index (χ0v) is 13.0. The molecule has 5 nitrogen and oxygen atoms in total. The second-order valence-corrected chi connectivity index (χ2v) is 7.92. The Kier molecular flexibility index (Phi) is 5.22. The Balaban J connectivity index is 1.89. The van der Waals surface area contributed by atoms with Crippen LogP contribution in [-0.2, 0) is 10.0 Å². The summed E-state index contributed by atoms with van der Waals surface area (Å²) < 4.78 is 26.7. The molecule has 0 aromatic carbocycles. The molecule has 2 saturated heterocycles. The standard InChI is InChI=1S/C13H27N3O2S/c1-12-4-3-7-16(13(12)2)19(17,18)11-10-15-8-5-14-6-9-15/h12-14H,3-11H2,1-2H3. The van der Waals surface area contributed by atoms with Crippen LogP contribution in [0.1, 0.15) is 26.7 Å². The molecule has 0 spiro atoms. The maximum atomic E-state index is 12.5. The van der Waals surface area contributed by atoms with Gasteiger partial charge in [-0.3, -0.25) is 4.90 Å². The first-order valence-electron chi connectivity index (χ1n) is 7.43. The van der Waals surface area contributed by atoms with Gasteiger partial charge in [0.1, 0.15) is 0 Å². The van der Waals surface area contributed by atoms with E-state index in [-0.39, 0.29) is 11.8 Å². The fourth-order valence-electron chi connectivity index (χ4n) is 2.99. The molecule has 2 atom stereocenters. The molecule has 2 rings (SSSR count). The van der Waals surface area contributed by atoms with Gasteiger partial charge in [-0.15, -0.1) is 0 Å². The van der Waals surface area contributed by atoms with Gasteiger partial charge in [0, 0.05) is 45.3 Å². The van der Waals surface area contributed by atoms with Gasteiger partial charge < -0.3 is 5.32 Å². The van der Waals surface area contributed by atoms with Crippen LogP contribution in [-0.4, -0.2) is 68.7 Å². The lowest BCUT2D eigenvalue weighted by atomic mass is 9.94. The molecule has 2 aliphatic rings. The number of nitrogens with one attached hydrogen (secondary N) is 1. The van der Waals surface area contributed by atoms with E-state index in [1.54, 1.807) is 4.31 Å². The van der Waals surface area contributed by atoms with E-state index in [1.165, 1.54) is 0 Å². The van der Waals surface area contributed by atoms with Crippen molar-refractivity contribution in [2.75, 3.05) is 45.0 Å². The molecule has 0 radical (unpaired) electrons. The molecule has 19 heavy (non-hydrogen) atoms. The minimum absolute atomic E-state index is 0.154. The van der Waals surface area contributed by atoms with Crippen molar-refractivity contribution in [3.63, 3.8) is 0 Å². The van der Waals surface area contributed by atoms with E-state index >= 15 is 0 Å². The SMILES string of the molecule is CC1CCCN(S(=O)(=O)CCN2CCNCC2)C1C. The highest BCUT2D eigenvalue weighted by Gasteiger charge is 2.33. The van der Waals surface area contributed by atoms with E-state index in [0.717, 1.165) is 39.0 Å². The summed E-state index contributed by atoms with van der Waals surface area (Å²) >= 11 is 0. The number of piperidine rings is 1. The Bertz CT molecular complexity index is 379. The summed E-state index contributed by atoms with van der Waals surface area (Å²) in [5.41, 5.74) is 0. The van der Waals surface area contributed by atoms with Crippen molar-refractivity contribution in [1.82, 2.24) is 14.5 Å². The number of piperazine rings is 1. The van der Waals surface area contributed by atoms with Crippen LogP contribution in [0.4, 0.5) is 0 Å². The highest BCUT2D eigenvalue weighted by molar-refractivity contribution is 7.89. The molecule has 6 heteroatoms. The number of rotatable bonds is 4. The van der Waals surface area contributed by atoms with Crippen LogP contribution in [0, 0.1) is 5.92 Å². The van der Waals surface area contributed by atoms with Crippen molar-refractivity contribution < 1.29 is 8.42 Å². The molecular formula is C13H27N3O2S. The maximum Gasteiger partial charge on any atom is 0.215 e. The van der Waals surface area contributed by atoms with E-state index in [1.807, 2.05) is 6.92 Å². The van der Waals surface area contributed by atoms with Crippen molar-refractivity contribution in [3.05, 3.63) is 0 Å². The average molecular weight is 289 g/mol. The Morgan fingerprint density at radius 3 is 2.53 bits per heavy atom. The van der Waals surface area contributed by atoms with Crippen molar-refractivity contribution in [3.8, 4) is 0 Å². The molecule has 0 amide bonds. The molecule has 0 bridgehead atoms. The van der Waals surface area contributed by atoms with Gasteiger partial charge in [0.15, 0.2) is 0 Å². The van der Waals surface area contributed by atoms with Gasteiger partial charge in [-0.25, -0.2) is 8.42 Å². The summed E-state index contributed by atoms with van der Waals surface area (Å²) in [6.45, 7) is 9.43. The summed E-state index contributed by atoms with van der Waals surface area (Å²) in [6.07, 6.45) is 2.14. The molecule has 2 heterocycles. The van der Waals surface area contributed by atoms with Gasteiger partial charge in [-0.2, -0.15) is 4.31 Å². The first kappa shape index (κ1) is 15.2. The highest BCUT2D eigenvalue weighted by atomic mass is 32.2. The van der Waals surface area contributed by atoms with Crippen LogP contribution in [0.15, 0.2) is 0 Å². The third-order valence-electron chi connectivity index (χ3n) is 4.55. The summed E-state index contributed by atoms with van der Waals surface area (Å²) in [4.78, 5) is 2.24. The van der Waals surface area contributed by atoms with Gasteiger partial charge in [-0.05, 0) is 25.7 Å². The molecule has 1 N–H and O–H groups in total. The Morgan fingerprint density at radius 1 is 1.16 bits per heavy atom. The largest absolute Gasteiger partial charge is 0.314 e.